The highest BCUT2D eigenvalue weighted by Gasteiger charge is 2.70. The van der Waals surface area contributed by atoms with Gasteiger partial charge >= 0.3 is 23.9 Å². The highest BCUT2D eigenvalue weighted by Crippen LogP contribution is 2.57. The average Bonchev–Trinajstić information content (AvgIpc) is 2.59. The van der Waals surface area contributed by atoms with Crippen LogP contribution in [0, 0.1) is 29.6 Å². The lowest BCUT2D eigenvalue weighted by molar-refractivity contribution is -0.210. The van der Waals surface area contributed by atoms with Crippen LogP contribution < -0.4 is 0 Å². The number of aliphatic hydroxyl groups is 2. The lowest BCUT2D eigenvalue weighted by Crippen LogP contribution is -2.68. The summed E-state index contributed by atoms with van der Waals surface area (Å²) in [6.45, 7) is 1.56. The van der Waals surface area contributed by atoms with Gasteiger partial charge in [0.15, 0.2) is 0 Å². The first-order valence-corrected chi connectivity index (χ1v) is 8.19. The van der Waals surface area contributed by atoms with Crippen molar-refractivity contribution in [3.63, 3.8) is 0 Å². The van der Waals surface area contributed by atoms with Gasteiger partial charge in [-0.25, -0.2) is 4.79 Å². The van der Waals surface area contributed by atoms with Crippen LogP contribution >= 0.6 is 0 Å². The zero-order valence-electron chi connectivity index (χ0n) is 15.3. The van der Waals surface area contributed by atoms with Crippen LogP contribution in [0.1, 0.15) is 13.3 Å². The zero-order valence-corrected chi connectivity index (χ0v) is 15.3. The van der Waals surface area contributed by atoms with Gasteiger partial charge in [-0.1, -0.05) is 6.92 Å². The number of carboxylic acid groups (broad SMARTS) is 1. The van der Waals surface area contributed by atoms with E-state index in [1.54, 1.807) is 6.92 Å². The number of fused-ring (bicyclic) bond motifs is 2. The van der Waals surface area contributed by atoms with Crippen molar-refractivity contribution in [3.8, 4) is 0 Å². The zero-order chi connectivity index (χ0) is 20.7. The number of aliphatic carboxylic acids is 1. The average molecular weight is 386 g/mol. The Bertz CT molecular complexity index is 711. The first kappa shape index (κ1) is 20.7. The molecular weight excluding hydrogens is 364 g/mol. The van der Waals surface area contributed by atoms with Gasteiger partial charge in [0.25, 0.3) is 0 Å². The molecule has 0 radical (unpaired) electrons. The lowest BCUT2D eigenvalue weighted by Gasteiger charge is -2.54. The van der Waals surface area contributed by atoms with Gasteiger partial charge in [-0.15, -0.1) is 0 Å². The number of aliphatic hydroxyl groups excluding tert-OH is 1. The molecule has 2 aliphatic rings. The molecule has 0 saturated heterocycles. The minimum atomic E-state index is -2.56. The van der Waals surface area contributed by atoms with Gasteiger partial charge in [0, 0.05) is 5.92 Å². The number of carbonyl (C=O) groups excluding carboxylic acids is 3. The maximum atomic E-state index is 12.4. The Hall–Kier alpha value is -2.62. The Morgan fingerprint density at radius 1 is 1.00 bits per heavy atom. The first-order valence-electron chi connectivity index (χ1n) is 8.19. The summed E-state index contributed by atoms with van der Waals surface area (Å²) < 4.78 is 13.9. The largest absolute Gasteiger partial charge is 0.511 e. The molecule has 0 spiro atoms. The Labute approximate surface area is 154 Å². The smallest absolute Gasteiger partial charge is 0.337 e. The van der Waals surface area contributed by atoms with Crippen LogP contribution in [-0.4, -0.2) is 66.1 Å². The fraction of sp³-hybridized carbons (Fsp3) is 0.647. The van der Waals surface area contributed by atoms with Gasteiger partial charge in [0.2, 0.25) is 0 Å². The molecule has 10 nitrogen and oxygen atoms in total. The van der Waals surface area contributed by atoms with E-state index in [-0.39, 0.29) is 6.42 Å². The van der Waals surface area contributed by atoms with E-state index in [0.717, 1.165) is 21.3 Å². The summed E-state index contributed by atoms with van der Waals surface area (Å²) in [6, 6.07) is 0. The van der Waals surface area contributed by atoms with Crippen molar-refractivity contribution >= 4 is 23.9 Å². The van der Waals surface area contributed by atoms with Crippen molar-refractivity contribution in [3.05, 3.63) is 11.3 Å². The molecular formula is C17H22O10. The molecule has 2 rings (SSSR count). The van der Waals surface area contributed by atoms with Crippen LogP contribution in [0.25, 0.3) is 0 Å². The van der Waals surface area contributed by atoms with Crippen molar-refractivity contribution in [1.29, 1.82) is 0 Å². The third-order valence-electron chi connectivity index (χ3n) is 5.54. The van der Waals surface area contributed by atoms with Gasteiger partial charge < -0.3 is 29.5 Å². The topological polar surface area (TPSA) is 157 Å². The van der Waals surface area contributed by atoms with Crippen molar-refractivity contribution in [2.45, 2.75) is 18.9 Å². The maximum Gasteiger partial charge on any atom is 0.337 e. The van der Waals surface area contributed by atoms with Gasteiger partial charge in [0.1, 0.15) is 17.3 Å². The molecule has 10 heteroatoms. The molecule has 1 fully saturated rings. The Balaban J connectivity index is 2.87. The molecule has 0 unspecified atom stereocenters. The van der Waals surface area contributed by atoms with Crippen molar-refractivity contribution in [2.75, 3.05) is 21.3 Å². The molecule has 0 aromatic heterocycles. The van der Waals surface area contributed by atoms with Gasteiger partial charge in [-0.3, -0.25) is 14.4 Å². The number of carboxylic acids is 1. The van der Waals surface area contributed by atoms with E-state index in [9.17, 15) is 34.5 Å². The predicted molar refractivity (Wildman–Crippen MR) is 86.0 cm³/mol. The summed E-state index contributed by atoms with van der Waals surface area (Å²) in [5.41, 5.74) is -2.98. The second kappa shape index (κ2) is 7.18. The molecule has 1 saturated carbocycles. The number of carbonyl (C=O) groups is 4. The second-order valence-corrected chi connectivity index (χ2v) is 6.77. The molecule has 0 aromatic carbocycles. The van der Waals surface area contributed by atoms with E-state index in [0.29, 0.717) is 0 Å². The molecule has 0 aliphatic heterocycles. The number of methoxy groups -OCH3 is 3. The van der Waals surface area contributed by atoms with E-state index in [4.69, 9.17) is 4.74 Å². The first-order chi connectivity index (χ1) is 12.6. The van der Waals surface area contributed by atoms with Crippen LogP contribution in [-0.2, 0) is 33.4 Å². The third kappa shape index (κ3) is 2.84. The van der Waals surface area contributed by atoms with E-state index in [1.165, 1.54) is 0 Å². The van der Waals surface area contributed by atoms with E-state index >= 15 is 0 Å². The summed E-state index contributed by atoms with van der Waals surface area (Å²) in [6.07, 6.45) is -0.0264. The summed E-state index contributed by atoms with van der Waals surface area (Å²) in [4.78, 5) is 49.0. The minimum absolute atomic E-state index is 0.0264. The molecule has 150 valence electrons. The quantitative estimate of drug-likeness (QED) is 0.431. The van der Waals surface area contributed by atoms with E-state index < -0.39 is 70.4 Å². The molecule has 2 bridgehead atoms. The Morgan fingerprint density at radius 3 is 2.00 bits per heavy atom. The van der Waals surface area contributed by atoms with Crippen molar-refractivity contribution in [2.24, 2.45) is 29.6 Å². The minimum Gasteiger partial charge on any atom is -0.511 e. The summed E-state index contributed by atoms with van der Waals surface area (Å²) in [7, 11) is 3.07. The molecule has 6 atom stereocenters. The van der Waals surface area contributed by atoms with Crippen LogP contribution in [0.5, 0.6) is 0 Å². The fourth-order valence-electron chi connectivity index (χ4n) is 4.55. The molecule has 0 heterocycles. The number of esters is 3. The molecule has 3 N–H and O–H groups in total. The fourth-order valence-corrected chi connectivity index (χ4v) is 4.55. The number of ether oxygens (including phenoxy) is 3. The molecule has 0 amide bonds. The third-order valence-corrected chi connectivity index (χ3v) is 5.54. The summed E-state index contributed by atoms with van der Waals surface area (Å²) in [5, 5.41) is 31.9. The summed E-state index contributed by atoms with van der Waals surface area (Å²) in [5.74, 6) is -12.5. The molecule has 0 aromatic rings. The standard InChI is InChI=1S/C17H22O10/c1-6-5-7-8(14(21)25-2)12(18)11(16(23)27-4)17(24,10(7)13(19)20)9(6)15(22)26-3/h6-7,9-11,18,24H,5H2,1-4H3,(H,19,20)/t6-,7-,9+,10-,11-,17-/m1/s1. The second-order valence-electron chi connectivity index (χ2n) is 6.77. The SMILES string of the molecule is COC(=O)C1=C(O)[C@H](C(=O)OC)[C@@]2(O)[C@H](C(=O)OC)[C@H](C)C[C@H]1[C@@H]2C(=O)O. The molecule has 2 aliphatic carbocycles. The van der Waals surface area contributed by atoms with E-state index in [1.807, 2.05) is 0 Å². The molecule has 27 heavy (non-hydrogen) atoms. The van der Waals surface area contributed by atoms with Gasteiger partial charge in [-0.2, -0.15) is 0 Å². The van der Waals surface area contributed by atoms with Crippen LogP contribution in [0.2, 0.25) is 0 Å². The van der Waals surface area contributed by atoms with Gasteiger partial charge in [-0.05, 0) is 12.3 Å². The Morgan fingerprint density at radius 2 is 1.56 bits per heavy atom. The predicted octanol–water partition coefficient (Wildman–Crippen LogP) is -0.349. The maximum absolute atomic E-state index is 12.4. The summed E-state index contributed by atoms with van der Waals surface area (Å²) >= 11 is 0. The van der Waals surface area contributed by atoms with E-state index in [2.05, 4.69) is 9.47 Å². The number of rotatable bonds is 4. The van der Waals surface area contributed by atoms with Crippen LogP contribution in [0.4, 0.5) is 0 Å². The number of hydrogen-bond donors (Lipinski definition) is 3. The number of hydrogen-bond acceptors (Lipinski definition) is 9. The Kier molecular flexibility index (Phi) is 5.50. The van der Waals surface area contributed by atoms with Crippen LogP contribution in [0.15, 0.2) is 11.3 Å². The normalized spacial score (nSPS) is 35.2. The highest BCUT2D eigenvalue weighted by molar-refractivity contribution is 5.95. The van der Waals surface area contributed by atoms with Crippen LogP contribution in [0.3, 0.4) is 0 Å². The highest BCUT2D eigenvalue weighted by atomic mass is 16.5. The monoisotopic (exact) mass is 386 g/mol. The van der Waals surface area contributed by atoms with Gasteiger partial charge in [0.05, 0.1) is 38.7 Å². The lowest BCUT2D eigenvalue weighted by atomic mass is 9.50. The van der Waals surface area contributed by atoms with Crippen molar-refractivity contribution < 1.29 is 48.7 Å². The van der Waals surface area contributed by atoms with Crippen molar-refractivity contribution in [1.82, 2.24) is 0 Å².